The molecule has 0 atom stereocenters. The Labute approximate surface area is 158 Å². The Morgan fingerprint density at radius 3 is 2.78 bits per heavy atom. The van der Waals surface area contributed by atoms with Crippen LogP contribution in [-0.2, 0) is 6.54 Å². The van der Waals surface area contributed by atoms with Crippen molar-refractivity contribution in [3.63, 3.8) is 0 Å². The number of amides is 1. The second-order valence-corrected chi connectivity index (χ2v) is 7.20. The lowest BCUT2D eigenvalue weighted by Crippen LogP contribution is -2.31. The molecule has 0 spiro atoms. The van der Waals surface area contributed by atoms with Crippen LogP contribution in [0.3, 0.4) is 0 Å². The van der Waals surface area contributed by atoms with E-state index in [1.807, 2.05) is 13.0 Å². The van der Waals surface area contributed by atoms with Crippen LogP contribution >= 0.6 is 11.3 Å². The quantitative estimate of drug-likeness (QED) is 0.582. The van der Waals surface area contributed by atoms with E-state index in [4.69, 9.17) is 0 Å². The summed E-state index contributed by atoms with van der Waals surface area (Å²) in [7, 11) is 0. The molecule has 1 amide bonds. The molecule has 0 aliphatic carbocycles. The maximum Gasteiger partial charge on any atom is 0.264 e. The molecular weight excluding hydrogens is 365 g/mol. The smallest absolute Gasteiger partial charge is 0.264 e. The highest BCUT2D eigenvalue weighted by molar-refractivity contribution is 7.20. The van der Waals surface area contributed by atoms with Crippen LogP contribution in [0.4, 0.5) is 4.39 Å². The SMILES string of the molecule is CCN(Cc1nc2ccccc2c(=O)[nH]1)C(=O)c1cc2c(F)cccc2s1. The molecule has 2 heterocycles. The monoisotopic (exact) mass is 381 g/mol. The molecule has 27 heavy (non-hydrogen) atoms. The van der Waals surface area contributed by atoms with E-state index in [-0.39, 0.29) is 23.8 Å². The van der Waals surface area contributed by atoms with Crippen molar-refractivity contribution in [1.82, 2.24) is 14.9 Å². The lowest BCUT2D eigenvalue weighted by molar-refractivity contribution is 0.0753. The third kappa shape index (κ3) is 3.21. The van der Waals surface area contributed by atoms with Crippen molar-refractivity contribution in [2.24, 2.45) is 0 Å². The zero-order valence-electron chi connectivity index (χ0n) is 14.5. The molecule has 4 rings (SSSR count). The van der Waals surface area contributed by atoms with Crippen LogP contribution in [0.1, 0.15) is 22.4 Å². The number of carbonyl (C=O) groups excluding carboxylic acids is 1. The lowest BCUT2D eigenvalue weighted by Gasteiger charge is -2.19. The Morgan fingerprint density at radius 2 is 2.00 bits per heavy atom. The topological polar surface area (TPSA) is 66.1 Å². The molecule has 0 bridgehead atoms. The standard InChI is InChI=1S/C20H16FN3O2S/c1-2-24(11-18-22-15-8-4-3-6-12(15)19(25)23-18)20(26)17-10-13-14(21)7-5-9-16(13)27-17/h3-10H,2,11H2,1H3,(H,22,23,25). The summed E-state index contributed by atoms with van der Waals surface area (Å²) in [5.74, 6) is -0.138. The molecule has 4 aromatic rings. The first-order chi connectivity index (χ1) is 13.1. The van der Waals surface area contributed by atoms with Crippen molar-refractivity contribution in [1.29, 1.82) is 0 Å². The number of aromatic nitrogens is 2. The summed E-state index contributed by atoms with van der Waals surface area (Å²) >= 11 is 1.26. The van der Waals surface area contributed by atoms with E-state index in [1.54, 1.807) is 41.3 Å². The Balaban J connectivity index is 1.66. The van der Waals surface area contributed by atoms with E-state index >= 15 is 0 Å². The molecule has 7 heteroatoms. The summed E-state index contributed by atoms with van der Waals surface area (Å²) in [6.07, 6.45) is 0. The minimum Gasteiger partial charge on any atom is -0.331 e. The predicted molar refractivity (Wildman–Crippen MR) is 105 cm³/mol. The second-order valence-electron chi connectivity index (χ2n) is 6.11. The van der Waals surface area contributed by atoms with Crippen LogP contribution in [-0.4, -0.2) is 27.3 Å². The molecule has 0 aliphatic heterocycles. The number of rotatable bonds is 4. The van der Waals surface area contributed by atoms with E-state index in [2.05, 4.69) is 9.97 Å². The van der Waals surface area contributed by atoms with Gasteiger partial charge in [-0.25, -0.2) is 9.37 Å². The third-order valence-corrected chi connectivity index (χ3v) is 5.48. The van der Waals surface area contributed by atoms with Gasteiger partial charge < -0.3 is 9.88 Å². The highest BCUT2D eigenvalue weighted by Crippen LogP contribution is 2.28. The van der Waals surface area contributed by atoms with Gasteiger partial charge in [0.05, 0.1) is 22.3 Å². The normalized spacial score (nSPS) is 11.2. The molecule has 0 saturated heterocycles. The van der Waals surface area contributed by atoms with Gasteiger partial charge in [-0.1, -0.05) is 18.2 Å². The fourth-order valence-corrected chi connectivity index (χ4v) is 4.05. The Hall–Kier alpha value is -3.06. The van der Waals surface area contributed by atoms with Gasteiger partial charge in [0.2, 0.25) is 0 Å². The summed E-state index contributed by atoms with van der Waals surface area (Å²) < 4.78 is 14.6. The number of aromatic amines is 1. The van der Waals surface area contributed by atoms with Gasteiger partial charge in [0.25, 0.3) is 11.5 Å². The minimum absolute atomic E-state index is 0.173. The number of nitrogens with zero attached hydrogens (tertiary/aromatic N) is 2. The number of hydrogen-bond acceptors (Lipinski definition) is 4. The van der Waals surface area contributed by atoms with Crippen LogP contribution in [0.5, 0.6) is 0 Å². The van der Waals surface area contributed by atoms with Gasteiger partial charge in [0.15, 0.2) is 0 Å². The first-order valence-corrected chi connectivity index (χ1v) is 9.33. The molecule has 0 fully saturated rings. The lowest BCUT2D eigenvalue weighted by atomic mass is 10.2. The third-order valence-electron chi connectivity index (χ3n) is 4.39. The maximum atomic E-state index is 13.9. The number of nitrogens with one attached hydrogen (secondary N) is 1. The molecule has 1 N–H and O–H groups in total. The van der Waals surface area contributed by atoms with Gasteiger partial charge in [-0.2, -0.15) is 0 Å². The van der Waals surface area contributed by atoms with Crippen molar-refractivity contribution in [2.45, 2.75) is 13.5 Å². The van der Waals surface area contributed by atoms with Crippen molar-refractivity contribution >= 4 is 38.2 Å². The molecule has 2 aromatic heterocycles. The minimum atomic E-state index is -0.341. The number of benzene rings is 2. The van der Waals surface area contributed by atoms with Gasteiger partial charge in [0.1, 0.15) is 11.6 Å². The van der Waals surface area contributed by atoms with Gasteiger partial charge in [-0.3, -0.25) is 9.59 Å². The van der Waals surface area contributed by atoms with Crippen LogP contribution in [0.25, 0.3) is 21.0 Å². The van der Waals surface area contributed by atoms with Gasteiger partial charge in [-0.15, -0.1) is 11.3 Å². The maximum absolute atomic E-state index is 13.9. The van der Waals surface area contributed by atoms with E-state index in [0.717, 1.165) is 4.70 Å². The largest absolute Gasteiger partial charge is 0.331 e. The van der Waals surface area contributed by atoms with E-state index in [0.29, 0.717) is 33.5 Å². The summed E-state index contributed by atoms with van der Waals surface area (Å²) in [5.41, 5.74) is 0.353. The predicted octanol–water partition coefficient (Wildman–Crippen LogP) is 3.94. The average Bonchev–Trinajstić information content (AvgIpc) is 3.11. The number of hydrogen-bond donors (Lipinski definition) is 1. The zero-order valence-corrected chi connectivity index (χ0v) is 15.3. The van der Waals surface area contributed by atoms with Crippen molar-refractivity contribution in [3.8, 4) is 0 Å². The molecule has 0 unspecified atom stereocenters. The Bertz CT molecular complexity index is 1210. The van der Waals surface area contributed by atoms with E-state index in [1.165, 1.54) is 17.4 Å². The molecule has 2 aromatic carbocycles. The molecule has 0 radical (unpaired) electrons. The molecule has 136 valence electrons. The van der Waals surface area contributed by atoms with Crippen LogP contribution in [0.2, 0.25) is 0 Å². The summed E-state index contributed by atoms with van der Waals surface area (Å²) in [4.78, 5) is 34.4. The number of H-pyrrole nitrogens is 1. The van der Waals surface area contributed by atoms with Gasteiger partial charge in [0, 0.05) is 16.6 Å². The van der Waals surface area contributed by atoms with Crippen molar-refractivity contribution < 1.29 is 9.18 Å². The summed E-state index contributed by atoms with van der Waals surface area (Å²) in [6, 6.07) is 13.4. The fourth-order valence-electron chi connectivity index (χ4n) is 3.00. The van der Waals surface area contributed by atoms with Crippen LogP contribution < -0.4 is 5.56 Å². The first-order valence-electron chi connectivity index (χ1n) is 8.52. The fraction of sp³-hybridized carbons (Fsp3) is 0.150. The number of halogens is 1. The second kappa shape index (κ2) is 6.92. The van der Waals surface area contributed by atoms with Crippen LogP contribution in [0, 0.1) is 5.82 Å². The van der Waals surface area contributed by atoms with Crippen molar-refractivity contribution in [2.75, 3.05) is 6.54 Å². The first kappa shape index (κ1) is 17.4. The number of para-hydroxylation sites is 1. The van der Waals surface area contributed by atoms with Gasteiger partial charge in [-0.05, 0) is 37.3 Å². The number of fused-ring (bicyclic) bond motifs is 2. The highest BCUT2D eigenvalue weighted by Gasteiger charge is 2.19. The highest BCUT2D eigenvalue weighted by atomic mass is 32.1. The zero-order chi connectivity index (χ0) is 19.0. The van der Waals surface area contributed by atoms with Gasteiger partial charge >= 0.3 is 0 Å². The van der Waals surface area contributed by atoms with Crippen molar-refractivity contribution in [3.05, 3.63) is 75.4 Å². The van der Waals surface area contributed by atoms with E-state index < -0.39 is 0 Å². The number of carbonyl (C=O) groups is 1. The average molecular weight is 381 g/mol. The summed E-state index contributed by atoms with van der Waals surface area (Å²) in [6.45, 7) is 2.46. The summed E-state index contributed by atoms with van der Waals surface area (Å²) in [5, 5.41) is 0.953. The van der Waals surface area contributed by atoms with Crippen LogP contribution in [0.15, 0.2) is 53.3 Å². The Kier molecular flexibility index (Phi) is 4.45. The van der Waals surface area contributed by atoms with E-state index in [9.17, 15) is 14.0 Å². The Morgan fingerprint density at radius 1 is 1.19 bits per heavy atom. The molecule has 0 aliphatic rings. The molecule has 5 nitrogen and oxygen atoms in total. The number of thiophene rings is 1. The molecular formula is C20H16FN3O2S. The molecule has 0 saturated carbocycles.